The Labute approximate surface area is 178 Å². The van der Waals surface area contributed by atoms with E-state index in [4.69, 9.17) is 0 Å². The SMILES string of the molecule is CC(C)(C)Cn1cc(CNS(=O)C2CC2)c2ccc(-c3cc(F)cnc3C#N)cc21. The molecule has 0 saturated heterocycles. The maximum atomic E-state index is 13.8. The largest absolute Gasteiger partial charge is 0.347 e. The molecule has 3 aromatic rings. The highest BCUT2D eigenvalue weighted by Gasteiger charge is 2.28. The second-order valence-corrected chi connectivity index (χ2v) is 10.6. The number of pyridine rings is 1. The molecule has 1 fully saturated rings. The van der Waals surface area contributed by atoms with Gasteiger partial charge < -0.3 is 4.57 Å². The third-order valence-corrected chi connectivity index (χ3v) is 6.62. The first kappa shape index (κ1) is 20.7. The number of fused-ring (bicyclic) bond motifs is 1. The van der Waals surface area contributed by atoms with Crippen LogP contribution >= 0.6 is 0 Å². The minimum absolute atomic E-state index is 0.0573. The lowest BCUT2D eigenvalue weighted by molar-refractivity contribution is 0.349. The van der Waals surface area contributed by atoms with E-state index in [0.717, 1.165) is 47.6 Å². The van der Waals surface area contributed by atoms with Gasteiger partial charge in [0.25, 0.3) is 0 Å². The monoisotopic (exact) mass is 424 g/mol. The molecule has 0 bridgehead atoms. The zero-order chi connectivity index (χ0) is 21.5. The number of hydrogen-bond donors (Lipinski definition) is 1. The molecule has 4 rings (SSSR count). The third-order valence-electron chi connectivity index (χ3n) is 5.11. The van der Waals surface area contributed by atoms with Crippen LogP contribution in [-0.4, -0.2) is 19.0 Å². The minimum atomic E-state index is -1.00. The van der Waals surface area contributed by atoms with Crippen molar-refractivity contribution in [3.63, 3.8) is 0 Å². The van der Waals surface area contributed by atoms with Crippen LogP contribution in [-0.2, 0) is 24.1 Å². The maximum absolute atomic E-state index is 13.8. The van der Waals surface area contributed by atoms with Crippen LogP contribution in [0.15, 0.2) is 36.7 Å². The van der Waals surface area contributed by atoms with Crippen LogP contribution in [0.5, 0.6) is 0 Å². The third kappa shape index (κ3) is 4.45. The smallest absolute Gasteiger partial charge is 0.148 e. The van der Waals surface area contributed by atoms with E-state index in [1.807, 2.05) is 24.3 Å². The quantitative estimate of drug-likeness (QED) is 0.625. The number of benzene rings is 1. The summed E-state index contributed by atoms with van der Waals surface area (Å²) in [4.78, 5) is 3.92. The second kappa shape index (κ2) is 7.93. The molecule has 156 valence electrons. The number of nitrogens with one attached hydrogen (secondary N) is 1. The summed E-state index contributed by atoms with van der Waals surface area (Å²) in [5.41, 5.74) is 3.57. The van der Waals surface area contributed by atoms with E-state index >= 15 is 0 Å². The van der Waals surface area contributed by atoms with E-state index in [0.29, 0.717) is 12.1 Å². The molecule has 30 heavy (non-hydrogen) atoms. The summed E-state index contributed by atoms with van der Waals surface area (Å²) < 4.78 is 31.4. The highest BCUT2D eigenvalue weighted by atomic mass is 32.2. The van der Waals surface area contributed by atoms with Gasteiger partial charge in [-0.1, -0.05) is 32.9 Å². The number of nitriles is 1. The van der Waals surface area contributed by atoms with Gasteiger partial charge in [0, 0.05) is 41.0 Å². The summed E-state index contributed by atoms with van der Waals surface area (Å²) >= 11 is 0. The van der Waals surface area contributed by atoms with Gasteiger partial charge in [-0.3, -0.25) is 0 Å². The van der Waals surface area contributed by atoms with Gasteiger partial charge in [-0.25, -0.2) is 18.3 Å². The molecule has 1 saturated carbocycles. The van der Waals surface area contributed by atoms with Gasteiger partial charge in [-0.2, -0.15) is 5.26 Å². The molecule has 0 radical (unpaired) electrons. The zero-order valence-electron chi connectivity index (χ0n) is 17.4. The molecule has 1 aliphatic rings. The molecule has 1 aliphatic carbocycles. The number of rotatable bonds is 6. The normalized spacial score (nSPS) is 15.3. The van der Waals surface area contributed by atoms with Crippen molar-refractivity contribution in [1.29, 1.82) is 5.26 Å². The van der Waals surface area contributed by atoms with Crippen LogP contribution < -0.4 is 4.72 Å². The standard InChI is InChI=1S/C23H25FN4OS/c1-23(2,3)14-28-13-16(11-27-30(29)18-5-6-18)19-7-4-15(8-22(19)28)20-9-17(24)12-26-21(20)10-25/h4,7-9,12-13,18,27H,5-6,11,14H2,1-3H3. The van der Waals surface area contributed by atoms with Crippen LogP contribution in [0.3, 0.4) is 0 Å². The van der Waals surface area contributed by atoms with Gasteiger partial charge in [-0.15, -0.1) is 0 Å². The maximum Gasteiger partial charge on any atom is 0.148 e. The minimum Gasteiger partial charge on any atom is -0.347 e. The Hall–Kier alpha value is -2.56. The van der Waals surface area contributed by atoms with Crippen LogP contribution in [0, 0.1) is 22.6 Å². The fourth-order valence-electron chi connectivity index (χ4n) is 3.62. The van der Waals surface area contributed by atoms with Gasteiger partial charge >= 0.3 is 0 Å². The second-order valence-electron chi connectivity index (χ2n) is 9.05. The predicted molar refractivity (Wildman–Crippen MR) is 117 cm³/mol. The van der Waals surface area contributed by atoms with Crippen molar-refractivity contribution in [2.24, 2.45) is 5.41 Å². The molecule has 0 amide bonds. The highest BCUT2D eigenvalue weighted by molar-refractivity contribution is 7.83. The molecule has 0 spiro atoms. The Morgan fingerprint density at radius 1 is 1.33 bits per heavy atom. The number of aromatic nitrogens is 2. The molecule has 1 atom stereocenters. The van der Waals surface area contributed by atoms with Gasteiger partial charge in [0.05, 0.1) is 17.2 Å². The first-order valence-electron chi connectivity index (χ1n) is 10.1. The van der Waals surface area contributed by atoms with E-state index in [-0.39, 0.29) is 16.4 Å². The Balaban J connectivity index is 1.77. The lowest BCUT2D eigenvalue weighted by Crippen LogP contribution is -2.19. The van der Waals surface area contributed by atoms with Crippen molar-refractivity contribution in [3.05, 3.63) is 53.7 Å². The molecule has 1 unspecified atom stereocenters. The first-order chi connectivity index (χ1) is 14.2. The summed E-state index contributed by atoms with van der Waals surface area (Å²) in [7, 11) is -1.00. The number of hydrogen-bond acceptors (Lipinski definition) is 3. The van der Waals surface area contributed by atoms with Crippen molar-refractivity contribution >= 4 is 21.9 Å². The summed E-state index contributed by atoms with van der Waals surface area (Å²) in [6, 6.07) is 9.27. The lowest BCUT2D eigenvalue weighted by atomic mass is 9.96. The average Bonchev–Trinajstić information content (AvgIpc) is 3.49. The fraction of sp³-hybridized carbons (Fsp3) is 0.391. The number of halogens is 1. The molecule has 5 nitrogen and oxygen atoms in total. The average molecular weight is 425 g/mol. The topological polar surface area (TPSA) is 70.7 Å². The molecular weight excluding hydrogens is 399 g/mol. The van der Waals surface area contributed by atoms with Crippen molar-refractivity contribution in [3.8, 4) is 17.2 Å². The molecule has 1 aromatic carbocycles. The van der Waals surface area contributed by atoms with Crippen molar-refractivity contribution in [1.82, 2.24) is 14.3 Å². The molecule has 1 N–H and O–H groups in total. The highest BCUT2D eigenvalue weighted by Crippen LogP contribution is 2.32. The van der Waals surface area contributed by atoms with Gasteiger partial charge in [0.15, 0.2) is 0 Å². The Morgan fingerprint density at radius 3 is 2.77 bits per heavy atom. The summed E-state index contributed by atoms with van der Waals surface area (Å²) in [6.07, 6.45) is 5.22. The van der Waals surface area contributed by atoms with Crippen LogP contribution in [0.25, 0.3) is 22.0 Å². The van der Waals surface area contributed by atoms with Crippen LogP contribution in [0.1, 0.15) is 44.9 Å². The van der Waals surface area contributed by atoms with E-state index in [1.54, 1.807) is 0 Å². The lowest BCUT2D eigenvalue weighted by Gasteiger charge is -2.20. The summed E-state index contributed by atoms with van der Waals surface area (Å²) in [6.45, 7) is 7.85. The fourth-order valence-corrected chi connectivity index (χ4v) is 4.71. The summed E-state index contributed by atoms with van der Waals surface area (Å²) in [5.74, 6) is -0.471. The van der Waals surface area contributed by atoms with Gasteiger partial charge in [-0.05, 0) is 41.5 Å². The Kier molecular flexibility index (Phi) is 5.48. The van der Waals surface area contributed by atoms with Crippen molar-refractivity contribution in [2.45, 2.75) is 52.0 Å². The molecule has 2 aromatic heterocycles. The molecular formula is C23H25FN4OS. The van der Waals surface area contributed by atoms with E-state index in [2.05, 4.69) is 41.2 Å². The molecule has 0 aliphatic heterocycles. The Morgan fingerprint density at radius 2 is 2.10 bits per heavy atom. The Bertz CT molecular complexity index is 1170. The summed E-state index contributed by atoms with van der Waals surface area (Å²) in [5, 5.41) is 10.7. The van der Waals surface area contributed by atoms with Crippen LogP contribution in [0.2, 0.25) is 0 Å². The van der Waals surface area contributed by atoms with E-state index < -0.39 is 16.8 Å². The molecule has 7 heteroatoms. The van der Waals surface area contributed by atoms with Crippen LogP contribution in [0.4, 0.5) is 4.39 Å². The predicted octanol–water partition coefficient (Wildman–Crippen LogP) is 4.68. The number of nitrogens with zero attached hydrogens (tertiary/aromatic N) is 3. The first-order valence-corrected chi connectivity index (χ1v) is 11.3. The van der Waals surface area contributed by atoms with E-state index in [1.165, 1.54) is 6.07 Å². The van der Waals surface area contributed by atoms with Gasteiger partial charge in [0.1, 0.15) is 17.6 Å². The van der Waals surface area contributed by atoms with Gasteiger partial charge in [0.2, 0.25) is 0 Å². The zero-order valence-corrected chi connectivity index (χ0v) is 18.2. The van der Waals surface area contributed by atoms with Crippen molar-refractivity contribution < 1.29 is 8.60 Å². The van der Waals surface area contributed by atoms with Crippen molar-refractivity contribution in [2.75, 3.05) is 0 Å². The van der Waals surface area contributed by atoms with E-state index in [9.17, 15) is 13.9 Å². The molecule has 2 heterocycles.